The van der Waals surface area contributed by atoms with Crippen molar-refractivity contribution in [2.45, 2.75) is 6.92 Å². The van der Waals surface area contributed by atoms with Crippen molar-refractivity contribution in [3.8, 4) is 17.1 Å². The van der Waals surface area contributed by atoms with Crippen LogP contribution in [0.3, 0.4) is 0 Å². The van der Waals surface area contributed by atoms with E-state index in [0.717, 1.165) is 16.5 Å². The fourth-order valence-electron chi connectivity index (χ4n) is 2.19. The molecule has 0 atom stereocenters. The highest BCUT2D eigenvalue weighted by Gasteiger charge is 2.10. The van der Waals surface area contributed by atoms with E-state index in [1.165, 1.54) is 13.2 Å². The average molecular weight is 283 g/mol. The van der Waals surface area contributed by atoms with Crippen molar-refractivity contribution in [2.24, 2.45) is 0 Å². The van der Waals surface area contributed by atoms with Gasteiger partial charge in [0, 0.05) is 10.9 Å². The lowest BCUT2D eigenvalue weighted by Crippen LogP contribution is -1.99. The van der Waals surface area contributed by atoms with Gasteiger partial charge in [-0.1, -0.05) is 11.6 Å². The predicted molar refractivity (Wildman–Crippen MR) is 80.6 cm³/mol. The van der Waals surface area contributed by atoms with Gasteiger partial charge in [0.05, 0.1) is 12.6 Å². The summed E-state index contributed by atoms with van der Waals surface area (Å²) in [6, 6.07) is 10.3. The summed E-state index contributed by atoms with van der Waals surface area (Å²) in [5.74, 6) is 0.577. The normalized spacial score (nSPS) is 10.8. The molecule has 0 radical (unpaired) electrons. The van der Waals surface area contributed by atoms with Gasteiger partial charge in [-0.25, -0.2) is 14.4 Å². The predicted octanol–water partition coefficient (Wildman–Crippen LogP) is 3.34. The number of benzene rings is 2. The molecule has 21 heavy (non-hydrogen) atoms. The maximum absolute atomic E-state index is 13.5. The fourth-order valence-corrected chi connectivity index (χ4v) is 2.19. The Morgan fingerprint density at radius 1 is 1.10 bits per heavy atom. The molecule has 0 aliphatic rings. The van der Waals surface area contributed by atoms with Gasteiger partial charge in [0.25, 0.3) is 0 Å². The first kappa shape index (κ1) is 13.3. The number of fused-ring (bicyclic) bond motifs is 1. The van der Waals surface area contributed by atoms with Crippen LogP contribution in [0.15, 0.2) is 36.4 Å². The number of methoxy groups -OCH3 is 1. The third-order valence-corrected chi connectivity index (χ3v) is 3.29. The van der Waals surface area contributed by atoms with Crippen LogP contribution in [0.1, 0.15) is 5.56 Å². The number of nitrogens with zero attached hydrogens (tertiary/aromatic N) is 2. The minimum absolute atomic E-state index is 0.152. The third kappa shape index (κ3) is 2.38. The summed E-state index contributed by atoms with van der Waals surface area (Å²) in [4.78, 5) is 8.79. The average Bonchev–Trinajstić information content (AvgIpc) is 2.48. The van der Waals surface area contributed by atoms with Crippen LogP contribution in [0.25, 0.3) is 22.3 Å². The van der Waals surface area contributed by atoms with Gasteiger partial charge in [-0.3, -0.25) is 0 Å². The summed E-state index contributed by atoms with van der Waals surface area (Å²) in [5.41, 5.74) is 8.51. The van der Waals surface area contributed by atoms with Crippen molar-refractivity contribution in [2.75, 3.05) is 12.8 Å². The number of hydrogen-bond donors (Lipinski definition) is 1. The zero-order chi connectivity index (χ0) is 15.0. The van der Waals surface area contributed by atoms with E-state index in [1.54, 1.807) is 12.1 Å². The molecule has 0 saturated carbocycles. The highest BCUT2D eigenvalue weighted by Crippen LogP contribution is 2.27. The van der Waals surface area contributed by atoms with E-state index >= 15 is 0 Å². The van der Waals surface area contributed by atoms with Crippen LogP contribution in [0, 0.1) is 12.7 Å². The van der Waals surface area contributed by atoms with Crippen LogP contribution in [0.5, 0.6) is 5.75 Å². The Balaban J connectivity index is 2.19. The maximum atomic E-state index is 13.5. The molecule has 1 aromatic heterocycles. The molecule has 0 bridgehead atoms. The van der Waals surface area contributed by atoms with Crippen LogP contribution in [-0.2, 0) is 0 Å². The number of rotatable bonds is 2. The van der Waals surface area contributed by atoms with Crippen LogP contribution < -0.4 is 10.5 Å². The Morgan fingerprint density at radius 3 is 2.67 bits per heavy atom. The van der Waals surface area contributed by atoms with E-state index in [2.05, 4.69) is 9.97 Å². The monoisotopic (exact) mass is 283 g/mol. The Kier molecular flexibility index (Phi) is 3.17. The lowest BCUT2D eigenvalue weighted by Gasteiger charge is -2.08. The number of nitrogen functional groups attached to an aromatic ring is 1. The number of aromatic nitrogens is 2. The van der Waals surface area contributed by atoms with Gasteiger partial charge < -0.3 is 10.5 Å². The largest absolute Gasteiger partial charge is 0.494 e. The van der Waals surface area contributed by atoms with E-state index in [1.807, 2.05) is 25.1 Å². The van der Waals surface area contributed by atoms with Crippen LogP contribution in [0.4, 0.5) is 10.2 Å². The fraction of sp³-hybridized carbons (Fsp3) is 0.125. The topological polar surface area (TPSA) is 61.0 Å². The first-order chi connectivity index (χ1) is 10.1. The number of hydrogen-bond acceptors (Lipinski definition) is 4. The number of ether oxygens (including phenoxy) is 1. The van der Waals surface area contributed by atoms with Crippen LogP contribution in [0.2, 0.25) is 0 Å². The van der Waals surface area contributed by atoms with E-state index in [4.69, 9.17) is 10.5 Å². The number of halogens is 1. The van der Waals surface area contributed by atoms with Gasteiger partial charge in [-0.05, 0) is 37.3 Å². The molecular weight excluding hydrogens is 269 g/mol. The van der Waals surface area contributed by atoms with Crippen LogP contribution >= 0.6 is 0 Å². The first-order valence-corrected chi connectivity index (χ1v) is 6.46. The van der Waals surface area contributed by atoms with Gasteiger partial charge in [0.2, 0.25) is 0 Å². The summed E-state index contributed by atoms with van der Waals surface area (Å²) in [5, 5.41) is 0.813. The lowest BCUT2D eigenvalue weighted by molar-refractivity contribution is 0.387. The number of anilines is 1. The molecule has 1 heterocycles. The minimum atomic E-state index is -0.425. The van der Waals surface area contributed by atoms with Gasteiger partial charge in [0.15, 0.2) is 17.4 Å². The molecule has 106 valence electrons. The summed E-state index contributed by atoms with van der Waals surface area (Å²) >= 11 is 0. The van der Waals surface area contributed by atoms with Crippen molar-refractivity contribution in [3.05, 3.63) is 47.8 Å². The summed E-state index contributed by atoms with van der Waals surface area (Å²) in [6.07, 6.45) is 0. The molecule has 0 unspecified atom stereocenters. The summed E-state index contributed by atoms with van der Waals surface area (Å²) < 4.78 is 18.5. The van der Waals surface area contributed by atoms with E-state index in [9.17, 15) is 4.39 Å². The third-order valence-electron chi connectivity index (χ3n) is 3.29. The minimum Gasteiger partial charge on any atom is -0.494 e. The quantitative estimate of drug-likeness (QED) is 0.783. The zero-order valence-corrected chi connectivity index (χ0v) is 11.7. The zero-order valence-electron chi connectivity index (χ0n) is 11.7. The standard InChI is InChI=1S/C16H14FN3O/c1-9-3-6-13-11(7-9)15(18)20-16(19-13)10-4-5-12(17)14(8-10)21-2/h3-8H,1-2H3,(H2,18,19,20). The Morgan fingerprint density at radius 2 is 1.90 bits per heavy atom. The number of aryl methyl sites for hydroxylation is 1. The second kappa shape index (κ2) is 5.01. The van der Waals surface area contributed by atoms with Crippen molar-refractivity contribution in [1.82, 2.24) is 9.97 Å². The molecule has 0 amide bonds. The van der Waals surface area contributed by atoms with Gasteiger partial charge in [-0.2, -0.15) is 0 Å². The molecule has 3 rings (SSSR count). The Hall–Kier alpha value is -2.69. The SMILES string of the molecule is COc1cc(-c2nc(N)c3cc(C)ccc3n2)ccc1F. The molecular formula is C16H14FN3O. The second-order valence-electron chi connectivity index (χ2n) is 4.80. The molecule has 2 N–H and O–H groups in total. The Labute approximate surface area is 121 Å². The molecule has 0 aliphatic heterocycles. The molecule has 0 aliphatic carbocycles. The molecule has 2 aromatic carbocycles. The van der Waals surface area contributed by atoms with E-state index in [-0.39, 0.29) is 5.75 Å². The summed E-state index contributed by atoms with van der Waals surface area (Å²) in [7, 11) is 1.42. The highest BCUT2D eigenvalue weighted by molar-refractivity contribution is 5.90. The van der Waals surface area contributed by atoms with Gasteiger partial charge in [-0.15, -0.1) is 0 Å². The van der Waals surface area contributed by atoms with Crippen molar-refractivity contribution >= 4 is 16.7 Å². The van der Waals surface area contributed by atoms with Crippen LogP contribution in [-0.4, -0.2) is 17.1 Å². The van der Waals surface area contributed by atoms with Crippen molar-refractivity contribution in [3.63, 3.8) is 0 Å². The van der Waals surface area contributed by atoms with Crippen molar-refractivity contribution in [1.29, 1.82) is 0 Å². The Bertz CT molecular complexity index is 833. The maximum Gasteiger partial charge on any atom is 0.165 e. The number of nitrogens with two attached hydrogens (primary N) is 1. The molecule has 3 aromatic rings. The highest BCUT2D eigenvalue weighted by atomic mass is 19.1. The lowest BCUT2D eigenvalue weighted by atomic mass is 10.1. The summed E-state index contributed by atoms with van der Waals surface area (Å²) in [6.45, 7) is 1.98. The van der Waals surface area contributed by atoms with Crippen molar-refractivity contribution < 1.29 is 9.13 Å². The smallest absolute Gasteiger partial charge is 0.165 e. The molecule has 0 saturated heterocycles. The van der Waals surface area contributed by atoms with E-state index in [0.29, 0.717) is 17.2 Å². The second-order valence-corrected chi connectivity index (χ2v) is 4.80. The molecule has 5 heteroatoms. The van der Waals surface area contributed by atoms with E-state index < -0.39 is 5.82 Å². The molecule has 0 spiro atoms. The van der Waals surface area contributed by atoms with Gasteiger partial charge >= 0.3 is 0 Å². The molecule has 0 fully saturated rings. The van der Waals surface area contributed by atoms with Gasteiger partial charge in [0.1, 0.15) is 5.82 Å². The molecule has 4 nitrogen and oxygen atoms in total. The first-order valence-electron chi connectivity index (χ1n) is 6.46.